The summed E-state index contributed by atoms with van der Waals surface area (Å²) >= 11 is 0. The molecule has 5 heteroatoms. The minimum absolute atomic E-state index is 0.229. The van der Waals surface area contributed by atoms with Gasteiger partial charge in [-0.3, -0.25) is 9.59 Å². The normalized spacial score (nSPS) is 18.8. The zero-order valence-corrected chi connectivity index (χ0v) is 18.1. The second-order valence-electron chi connectivity index (χ2n) is 8.11. The van der Waals surface area contributed by atoms with Gasteiger partial charge in [0.25, 0.3) is 11.8 Å². The van der Waals surface area contributed by atoms with Crippen LogP contribution in [0.5, 0.6) is 0 Å². The standard InChI is InChI=1S/C25H29N3O2/c1-4-19-10-8-9-18(3)23(19)28-24(29)21-12-7-6-11-20(21)22(25(28)30)17-27-15-13-26(5-2)14-16-27/h6-12,17H,4-5,13-16H2,1-3H3/p+1. The maximum atomic E-state index is 13.7. The molecule has 0 unspecified atom stereocenters. The lowest BCUT2D eigenvalue weighted by Crippen LogP contribution is -3.14. The summed E-state index contributed by atoms with van der Waals surface area (Å²) in [6.45, 7) is 11.3. The van der Waals surface area contributed by atoms with Crippen LogP contribution in [0.15, 0.2) is 48.7 Å². The predicted octanol–water partition coefficient (Wildman–Crippen LogP) is 2.31. The number of para-hydroxylation sites is 1. The van der Waals surface area contributed by atoms with Crippen molar-refractivity contribution < 1.29 is 14.5 Å². The average molecular weight is 405 g/mol. The molecule has 2 aromatic rings. The fourth-order valence-corrected chi connectivity index (χ4v) is 4.51. The van der Waals surface area contributed by atoms with Crippen molar-refractivity contribution in [2.45, 2.75) is 27.2 Å². The number of likely N-dealkylation sites (N-methyl/N-ethyl adjacent to an activating group) is 1. The van der Waals surface area contributed by atoms with Gasteiger partial charge in [-0.1, -0.05) is 43.3 Å². The van der Waals surface area contributed by atoms with Gasteiger partial charge in [0, 0.05) is 17.3 Å². The summed E-state index contributed by atoms with van der Waals surface area (Å²) in [6.07, 6.45) is 2.74. The van der Waals surface area contributed by atoms with E-state index in [1.807, 2.05) is 55.6 Å². The number of anilines is 1. The number of nitrogens with zero attached hydrogens (tertiary/aromatic N) is 2. The highest BCUT2D eigenvalue weighted by Crippen LogP contribution is 2.35. The Morgan fingerprint density at radius 1 is 0.933 bits per heavy atom. The van der Waals surface area contributed by atoms with E-state index >= 15 is 0 Å². The minimum Gasteiger partial charge on any atom is -0.365 e. The minimum atomic E-state index is -0.239. The largest absolute Gasteiger partial charge is 0.365 e. The molecule has 156 valence electrons. The van der Waals surface area contributed by atoms with Crippen molar-refractivity contribution in [3.8, 4) is 0 Å². The number of hydrogen-bond acceptors (Lipinski definition) is 3. The second kappa shape index (κ2) is 8.44. The molecule has 1 saturated heterocycles. The van der Waals surface area contributed by atoms with Crippen molar-refractivity contribution in [1.82, 2.24) is 4.90 Å². The van der Waals surface area contributed by atoms with E-state index in [1.165, 1.54) is 4.90 Å². The SMILES string of the molecule is CCc1cccc(C)c1N1C(=O)C(=CN2CC[NH+](CC)CC2)c2ccccc2C1=O. The Bertz CT molecular complexity index is 1000. The molecule has 2 aliphatic heterocycles. The van der Waals surface area contributed by atoms with Gasteiger partial charge in [-0.15, -0.1) is 0 Å². The van der Waals surface area contributed by atoms with Crippen LogP contribution >= 0.6 is 0 Å². The van der Waals surface area contributed by atoms with Gasteiger partial charge in [-0.25, -0.2) is 4.90 Å². The number of fused-ring (bicyclic) bond motifs is 1. The van der Waals surface area contributed by atoms with Gasteiger partial charge >= 0.3 is 0 Å². The third kappa shape index (κ3) is 3.54. The van der Waals surface area contributed by atoms with Crippen LogP contribution in [0.1, 0.15) is 40.9 Å². The van der Waals surface area contributed by atoms with Gasteiger partial charge < -0.3 is 9.80 Å². The Balaban J connectivity index is 1.80. The van der Waals surface area contributed by atoms with Crippen LogP contribution in [-0.4, -0.2) is 49.4 Å². The van der Waals surface area contributed by atoms with Gasteiger partial charge in [0.2, 0.25) is 0 Å². The van der Waals surface area contributed by atoms with Gasteiger partial charge in [-0.05, 0) is 37.5 Å². The van der Waals surface area contributed by atoms with Crippen LogP contribution in [0.4, 0.5) is 5.69 Å². The van der Waals surface area contributed by atoms with Crippen molar-refractivity contribution in [3.05, 3.63) is 70.9 Å². The molecule has 2 aliphatic rings. The van der Waals surface area contributed by atoms with Crippen LogP contribution in [0.3, 0.4) is 0 Å². The summed E-state index contributed by atoms with van der Waals surface area (Å²) in [7, 11) is 0. The zero-order valence-electron chi connectivity index (χ0n) is 18.1. The van der Waals surface area contributed by atoms with Gasteiger partial charge in [0.15, 0.2) is 0 Å². The Morgan fingerprint density at radius 2 is 1.63 bits per heavy atom. The number of imide groups is 1. The quantitative estimate of drug-likeness (QED) is 0.628. The monoisotopic (exact) mass is 404 g/mol. The third-order valence-corrected chi connectivity index (χ3v) is 6.33. The maximum absolute atomic E-state index is 13.7. The number of carbonyl (C=O) groups excluding carboxylic acids is 2. The number of carbonyl (C=O) groups is 2. The molecule has 0 radical (unpaired) electrons. The van der Waals surface area contributed by atoms with Crippen molar-refractivity contribution in [3.63, 3.8) is 0 Å². The number of benzene rings is 2. The Labute approximate surface area is 178 Å². The molecular weight excluding hydrogens is 374 g/mol. The molecule has 4 rings (SSSR count). The van der Waals surface area contributed by atoms with Gasteiger partial charge in [0.1, 0.15) is 0 Å². The fraction of sp³-hybridized carbons (Fsp3) is 0.360. The van der Waals surface area contributed by atoms with Crippen LogP contribution in [0.2, 0.25) is 0 Å². The number of nitrogens with one attached hydrogen (secondary N) is 1. The van der Waals surface area contributed by atoms with Crippen molar-refractivity contribution in [2.24, 2.45) is 0 Å². The lowest BCUT2D eigenvalue weighted by molar-refractivity contribution is -0.902. The molecule has 0 aromatic heterocycles. The van der Waals surface area contributed by atoms with E-state index in [0.29, 0.717) is 11.1 Å². The molecule has 30 heavy (non-hydrogen) atoms. The summed E-state index contributed by atoms with van der Waals surface area (Å²) in [5.41, 5.74) is 4.61. The highest BCUT2D eigenvalue weighted by atomic mass is 16.2. The van der Waals surface area contributed by atoms with Crippen LogP contribution in [-0.2, 0) is 11.2 Å². The topological polar surface area (TPSA) is 45.1 Å². The van der Waals surface area contributed by atoms with Crippen LogP contribution in [0.25, 0.3) is 5.57 Å². The van der Waals surface area contributed by atoms with Crippen LogP contribution < -0.4 is 9.80 Å². The lowest BCUT2D eigenvalue weighted by Gasteiger charge is -2.34. The molecule has 2 heterocycles. The Hall–Kier alpha value is -2.92. The highest BCUT2D eigenvalue weighted by Gasteiger charge is 2.37. The molecule has 2 aromatic carbocycles. The first-order valence-corrected chi connectivity index (χ1v) is 10.9. The lowest BCUT2D eigenvalue weighted by atomic mass is 9.92. The predicted molar refractivity (Wildman–Crippen MR) is 120 cm³/mol. The number of amides is 2. The van der Waals surface area contributed by atoms with Crippen LogP contribution in [0, 0.1) is 6.92 Å². The van der Waals surface area contributed by atoms with E-state index in [9.17, 15) is 9.59 Å². The molecule has 1 fully saturated rings. The van der Waals surface area contributed by atoms with E-state index in [2.05, 4.69) is 18.7 Å². The molecule has 5 nitrogen and oxygen atoms in total. The number of hydrogen-bond donors (Lipinski definition) is 1. The molecule has 0 atom stereocenters. The van der Waals surface area contributed by atoms with E-state index < -0.39 is 0 Å². The molecule has 0 saturated carbocycles. The number of aryl methyl sites for hydroxylation is 2. The van der Waals surface area contributed by atoms with Crippen molar-refractivity contribution in [1.29, 1.82) is 0 Å². The summed E-state index contributed by atoms with van der Waals surface area (Å²) in [4.78, 5) is 32.4. The number of rotatable bonds is 4. The highest BCUT2D eigenvalue weighted by molar-refractivity contribution is 6.41. The maximum Gasteiger partial charge on any atom is 0.267 e. The number of quaternary nitrogens is 1. The fourth-order valence-electron chi connectivity index (χ4n) is 4.51. The summed E-state index contributed by atoms with van der Waals surface area (Å²) < 4.78 is 0. The smallest absolute Gasteiger partial charge is 0.267 e. The van der Waals surface area contributed by atoms with Gasteiger partial charge in [-0.2, -0.15) is 0 Å². The first-order chi connectivity index (χ1) is 14.5. The third-order valence-electron chi connectivity index (χ3n) is 6.33. The summed E-state index contributed by atoms with van der Waals surface area (Å²) in [5, 5.41) is 0. The molecule has 0 bridgehead atoms. The van der Waals surface area contributed by atoms with E-state index in [-0.39, 0.29) is 11.8 Å². The van der Waals surface area contributed by atoms with Gasteiger partial charge in [0.05, 0.1) is 44.0 Å². The first-order valence-electron chi connectivity index (χ1n) is 10.9. The Morgan fingerprint density at radius 3 is 2.30 bits per heavy atom. The molecular formula is C25H30N3O2+. The van der Waals surface area contributed by atoms with E-state index in [0.717, 1.165) is 61.5 Å². The first kappa shape index (κ1) is 20.4. The molecule has 0 aliphatic carbocycles. The summed E-state index contributed by atoms with van der Waals surface area (Å²) in [6, 6.07) is 13.4. The summed E-state index contributed by atoms with van der Waals surface area (Å²) in [5.74, 6) is -0.468. The zero-order chi connectivity index (χ0) is 21.3. The molecule has 1 N–H and O–H groups in total. The molecule has 2 amide bonds. The average Bonchev–Trinajstić information content (AvgIpc) is 2.78. The van der Waals surface area contributed by atoms with Crippen molar-refractivity contribution >= 4 is 23.1 Å². The van der Waals surface area contributed by atoms with Crippen molar-refractivity contribution in [2.75, 3.05) is 37.6 Å². The van der Waals surface area contributed by atoms with E-state index in [1.54, 1.807) is 4.90 Å². The Kier molecular flexibility index (Phi) is 5.73. The second-order valence-corrected chi connectivity index (χ2v) is 8.11. The van der Waals surface area contributed by atoms with E-state index in [4.69, 9.17) is 0 Å². The number of piperazine rings is 1. The molecule has 0 spiro atoms.